The normalized spacial score (nSPS) is 23.7. The largest absolute Gasteiger partial charge is 0.369 e. The van der Waals surface area contributed by atoms with Crippen LogP contribution in [-0.2, 0) is 4.74 Å². The smallest absolute Gasteiger partial charge is 0.255 e. The second kappa shape index (κ2) is 6.16. The van der Waals surface area contributed by atoms with Gasteiger partial charge < -0.3 is 14.5 Å². The van der Waals surface area contributed by atoms with Gasteiger partial charge in [0.15, 0.2) is 0 Å². The molecular formula is C17H19N5O2. The Morgan fingerprint density at radius 2 is 2.08 bits per heavy atom. The second-order valence-corrected chi connectivity index (χ2v) is 6.25. The molecule has 0 unspecified atom stereocenters. The van der Waals surface area contributed by atoms with E-state index in [9.17, 15) is 4.79 Å². The zero-order chi connectivity index (χ0) is 16.4. The molecule has 24 heavy (non-hydrogen) atoms. The zero-order valence-corrected chi connectivity index (χ0v) is 13.3. The first-order chi connectivity index (χ1) is 11.8. The van der Waals surface area contributed by atoms with Gasteiger partial charge in [-0.2, -0.15) is 10.2 Å². The van der Waals surface area contributed by atoms with E-state index in [1.807, 2.05) is 23.1 Å². The number of hydrogen-bond donors (Lipinski definition) is 0. The van der Waals surface area contributed by atoms with Gasteiger partial charge >= 0.3 is 0 Å². The molecule has 0 aromatic carbocycles. The molecule has 1 amide bonds. The maximum absolute atomic E-state index is 12.6. The van der Waals surface area contributed by atoms with E-state index in [2.05, 4.69) is 20.1 Å². The van der Waals surface area contributed by atoms with Crippen LogP contribution in [0.1, 0.15) is 16.8 Å². The van der Waals surface area contributed by atoms with E-state index >= 15 is 0 Å². The molecule has 2 aromatic heterocycles. The molecule has 124 valence electrons. The van der Waals surface area contributed by atoms with Crippen molar-refractivity contribution in [1.29, 1.82) is 0 Å². The molecule has 0 saturated carbocycles. The number of morpholine rings is 1. The lowest BCUT2D eigenvalue weighted by molar-refractivity contribution is -0.0460. The summed E-state index contributed by atoms with van der Waals surface area (Å²) in [6, 6.07) is 7.62. The quantitative estimate of drug-likeness (QED) is 0.820. The Labute approximate surface area is 140 Å². The van der Waals surface area contributed by atoms with Crippen LogP contribution < -0.4 is 4.90 Å². The fourth-order valence-electron chi connectivity index (χ4n) is 3.45. The first-order valence-corrected chi connectivity index (χ1v) is 8.12. The van der Waals surface area contributed by atoms with E-state index in [1.165, 1.54) is 6.20 Å². The summed E-state index contributed by atoms with van der Waals surface area (Å²) in [5, 5.41) is 7.51. The molecular weight excluding hydrogens is 306 g/mol. The number of likely N-dealkylation sites (tertiary alicyclic amines) is 1. The number of pyridine rings is 1. The van der Waals surface area contributed by atoms with Crippen LogP contribution in [0.5, 0.6) is 0 Å². The molecule has 2 aromatic rings. The van der Waals surface area contributed by atoms with Crippen LogP contribution in [0.4, 0.5) is 5.82 Å². The minimum absolute atomic E-state index is 0.0136. The van der Waals surface area contributed by atoms with Crippen molar-refractivity contribution < 1.29 is 9.53 Å². The zero-order valence-electron chi connectivity index (χ0n) is 13.3. The summed E-state index contributed by atoms with van der Waals surface area (Å²) in [5.41, 5.74) is 0.255. The van der Waals surface area contributed by atoms with Crippen LogP contribution in [0.2, 0.25) is 0 Å². The Bertz CT molecular complexity index is 711. The first-order valence-electron chi connectivity index (χ1n) is 8.12. The predicted molar refractivity (Wildman–Crippen MR) is 87.7 cm³/mol. The topological polar surface area (TPSA) is 71.5 Å². The van der Waals surface area contributed by atoms with Crippen molar-refractivity contribution in [2.24, 2.45) is 0 Å². The molecule has 1 atom stereocenters. The Balaban J connectivity index is 1.48. The standard InChI is InChI=1S/C17H19N5O2/c23-16(14-4-7-19-20-11-14)22-8-5-17(13-22)12-21(9-10-24-17)15-3-1-2-6-18-15/h1-4,6-7,11H,5,8-10,12-13H2/t17-/m1/s1. The number of carbonyl (C=O) groups excluding carboxylic acids is 1. The van der Waals surface area contributed by atoms with Gasteiger partial charge in [-0.3, -0.25) is 4.79 Å². The molecule has 7 nitrogen and oxygen atoms in total. The Morgan fingerprint density at radius 3 is 2.88 bits per heavy atom. The third kappa shape index (κ3) is 2.82. The summed E-state index contributed by atoms with van der Waals surface area (Å²) in [6.45, 7) is 3.51. The number of amides is 1. The SMILES string of the molecule is O=C(c1ccnnc1)N1CC[C@]2(C1)CN(c1ccccn1)CCO2. The van der Waals surface area contributed by atoms with Crippen molar-refractivity contribution in [3.8, 4) is 0 Å². The highest BCUT2D eigenvalue weighted by atomic mass is 16.5. The lowest BCUT2D eigenvalue weighted by Crippen LogP contribution is -2.54. The monoisotopic (exact) mass is 325 g/mol. The number of anilines is 1. The van der Waals surface area contributed by atoms with E-state index in [0.29, 0.717) is 25.3 Å². The molecule has 0 bridgehead atoms. The highest BCUT2D eigenvalue weighted by molar-refractivity contribution is 5.94. The molecule has 2 aliphatic rings. The predicted octanol–water partition coefficient (Wildman–Crippen LogP) is 0.993. The number of hydrogen-bond acceptors (Lipinski definition) is 6. The van der Waals surface area contributed by atoms with E-state index in [4.69, 9.17) is 4.74 Å². The van der Waals surface area contributed by atoms with Crippen molar-refractivity contribution in [2.75, 3.05) is 37.7 Å². The van der Waals surface area contributed by atoms with Crippen LogP contribution in [0.15, 0.2) is 42.9 Å². The maximum Gasteiger partial charge on any atom is 0.255 e. The lowest BCUT2D eigenvalue weighted by Gasteiger charge is -2.40. The molecule has 2 aliphatic heterocycles. The average Bonchev–Trinajstić information content (AvgIpc) is 3.06. The molecule has 2 saturated heterocycles. The molecule has 4 heterocycles. The van der Waals surface area contributed by atoms with Gasteiger partial charge in [-0.25, -0.2) is 4.98 Å². The van der Waals surface area contributed by atoms with Crippen molar-refractivity contribution in [3.05, 3.63) is 48.4 Å². The van der Waals surface area contributed by atoms with Gasteiger partial charge in [-0.15, -0.1) is 0 Å². The van der Waals surface area contributed by atoms with Gasteiger partial charge in [0.05, 0.1) is 37.7 Å². The van der Waals surface area contributed by atoms with Crippen molar-refractivity contribution in [1.82, 2.24) is 20.1 Å². The van der Waals surface area contributed by atoms with Crippen molar-refractivity contribution in [2.45, 2.75) is 12.0 Å². The van der Waals surface area contributed by atoms with Gasteiger partial charge in [0.25, 0.3) is 5.91 Å². The number of aromatic nitrogens is 3. The van der Waals surface area contributed by atoms with Gasteiger partial charge in [0, 0.05) is 19.3 Å². The third-order valence-corrected chi connectivity index (χ3v) is 4.66. The van der Waals surface area contributed by atoms with Crippen molar-refractivity contribution >= 4 is 11.7 Å². The van der Waals surface area contributed by atoms with Crippen LogP contribution >= 0.6 is 0 Å². The summed E-state index contributed by atoms with van der Waals surface area (Å²) in [4.78, 5) is 21.1. The van der Waals surface area contributed by atoms with Gasteiger partial charge in [-0.1, -0.05) is 6.07 Å². The molecule has 0 N–H and O–H groups in total. The van der Waals surface area contributed by atoms with Crippen LogP contribution in [0.25, 0.3) is 0 Å². The maximum atomic E-state index is 12.6. The number of nitrogens with zero attached hydrogens (tertiary/aromatic N) is 5. The second-order valence-electron chi connectivity index (χ2n) is 6.25. The van der Waals surface area contributed by atoms with E-state index < -0.39 is 0 Å². The summed E-state index contributed by atoms with van der Waals surface area (Å²) >= 11 is 0. The van der Waals surface area contributed by atoms with Crippen molar-refractivity contribution in [3.63, 3.8) is 0 Å². The molecule has 0 radical (unpaired) electrons. The summed E-state index contributed by atoms with van der Waals surface area (Å²) < 4.78 is 6.10. The average molecular weight is 325 g/mol. The fourth-order valence-corrected chi connectivity index (χ4v) is 3.45. The van der Waals surface area contributed by atoms with Crippen LogP contribution in [0, 0.1) is 0 Å². The van der Waals surface area contributed by atoms with Gasteiger partial charge in [-0.05, 0) is 24.6 Å². The molecule has 0 aliphatic carbocycles. The van der Waals surface area contributed by atoms with Gasteiger partial charge in [0.1, 0.15) is 11.4 Å². The van der Waals surface area contributed by atoms with Gasteiger partial charge in [0.2, 0.25) is 0 Å². The minimum atomic E-state index is -0.314. The van der Waals surface area contributed by atoms with Crippen LogP contribution in [0.3, 0.4) is 0 Å². The first kappa shape index (κ1) is 15.0. The number of rotatable bonds is 2. The number of ether oxygens (including phenoxy) is 1. The molecule has 7 heteroatoms. The van der Waals surface area contributed by atoms with Crippen LogP contribution in [-0.4, -0.2) is 64.4 Å². The van der Waals surface area contributed by atoms with E-state index in [1.54, 1.807) is 18.5 Å². The summed E-state index contributed by atoms with van der Waals surface area (Å²) in [5.74, 6) is 0.948. The molecule has 4 rings (SSSR count). The molecule has 2 fully saturated rings. The van der Waals surface area contributed by atoms with E-state index in [0.717, 1.165) is 25.3 Å². The Hall–Kier alpha value is -2.54. The number of carbonyl (C=O) groups is 1. The summed E-state index contributed by atoms with van der Waals surface area (Å²) in [7, 11) is 0. The van der Waals surface area contributed by atoms with E-state index in [-0.39, 0.29) is 11.5 Å². The third-order valence-electron chi connectivity index (χ3n) is 4.66. The summed E-state index contributed by atoms with van der Waals surface area (Å²) in [6.07, 6.45) is 5.69. The highest BCUT2D eigenvalue weighted by Gasteiger charge is 2.44. The highest BCUT2D eigenvalue weighted by Crippen LogP contribution is 2.31. The minimum Gasteiger partial charge on any atom is -0.369 e. The Kier molecular flexibility index (Phi) is 3.86. The fraction of sp³-hybridized carbons (Fsp3) is 0.412. The Morgan fingerprint density at radius 1 is 1.12 bits per heavy atom. The molecule has 1 spiro atoms. The lowest BCUT2D eigenvalue weighted by atomic mass is 10.0.